The SMILES string of the molecule is CCNc1ccc(C(=O)NCC(C)(C)c2cccs2)cc1. The third-order valence-electron chi connectivity index (χ3n) is 3.41. The Morgan fingerprint density at radius 1 is 1.19 bits per heavy atom. The molecule has 0 spiro atoms. The Bertz CT molecular complexity index is 573. The molecule has 0 bridgehead atoms. The van der Waals surface area contributed by atoms with Gasteiger partial charge in [-0.3, -0.25) is 4.79 Å². The minimum absolute atomic E-state index is 0.0253. The summed E-state index contributed by atoms with van der Waals surface area (Å²) in [6, 6.07) is 11.7. The van der Waals surface area contributed by atoms with Crippen LogP contribution in [0.2, 0.25) is 0 Å². The normalized spacial score (nSPS) is 11.2. The van der Waals surface area contributed by atoms with Gasteiger partial charge in [-0.05, 0) is 42.6 Å². The minimum Gasteiger partial charge on any atom is -0.385 e. The van der Waals surface area contributed by atoms with Crippen molar-refractivity contribution in [3.05, 3.63) is 52.2 Å². The highest BCUT2D eigenvalue weighted by atomic mass is 32.1. The summed E-state index contributed by atoms with van der Waals surface area (Å²) in [5, 5.41) is 8.31. The van der Waals surface area contributed by atoms with Crippen LogP contribution in [0.4, 0.5) is 5.69 Å². The summed E-state index contributed by atoms with van der Waals surface area (Å²) < 4.78 is 0. The van der Waals surface area contributed by atoms with Gasteiger partial charge in [-0.15, -0.1) is 11.3 Å². The van der Waals surface area contributed by atoms with Crippen LogP contribution in [0.15, 0.2) is 41.8 Å². The molecule has 0 fully saturated rings. The molecular weight excluding hydrogens is 280 g/mol. The zero-order valence-electron chi connectivity index (χ0n) is 12.8. The third-order valence-corrected chi connectivity index (χ3v) is 4.64. The molecule has 2 rings (SSSR count). The van der Waals surface area contributed by atoms with Crippen molar-refractivity contribution in [2.24, 2.45) is 0 Å². The molecule has 1 aromatic carbocycles. The summed E-state index contributed by atoms with van der Waals surface area (Å²) in [6.07, 6.45) is 0. The van der Waals surface area contributed by atoms with Gasteiger partial charge in [0.1, 0.15) is 0 Å². The summed E-state index contributed by atoms with van der Waals surface area (Å²) >= 11 is 1.73. The Labute approximate surface area is 130 Å². The third kappa shape index (κ3) is 4.08. The lowest BCUT2D eigenvalue weighted by Crippen LogP contribution is -2.36. The molecular formula is C17H22N2OS. The molecule has 0 unspecified atom stereocenters. The van der Waals surface area contributed by atoms with Crippen molar-refractivity contribution >= 4 is 22.9 Å². The van der Waals surface area contributed by atoms with Gasteiger partial charge in [0.25, 0.3) is 5.91 Å². The average molecular weight is 302 g/mol. The van der Waals surface area contributed by atoms with Crippen LogP contribution in [0.5, 0.6) is 0 Å². The molecule has 0 saturated heterocycles. The van der Waals surface area contributed by atoms with E-state index in [1.807, 2.05) is 37.3 Å². The zero-order chi connectivity index (χ0) is 15.3. The van der Waals surface area contributed by atoms with E-state index in [4.69, 9.17) is 0 Å². The standard InChI is InChI=1S/C17H22N2OS/c1-4-18-14-9-7-13(8-10-14)16(20)19-12-17(2,3)15-6-5-11-21-15/h5-11,18H,4,12H2,1-3H3,(H,19,20). The number of amides is 1. The van der Waals surface area contributed by atoms with E-state index in [1.54, 1.807) is 11.3 Å². The van der Waals surface area contributed by atoms with Crippen molar-refractivity contribution in [1.82, 2.24) is 5.32 Å². The molecule has 0 aliphatic rings. The van der Waals surface area contributed by atoms with Gasteiger partial charge in [0.05, 0.1) is 0 Å². The van der Waals surface area contributed by atoms with Gasteiger partial charge in [0.2, 0.25) is 0 Å². The summed E-state index contributed by atoms with van der Waals surface area (Å²) in [5.74, 6) is -0.0253. The van der Waals surface area contributed by atoms with E-state index < -0.39 is 0 Å². The van der Waals surface area contributed by atoms with E-state index in [-0.39, 0.29) is 11.3 Å². The van der Waals surface area contributed by atoms with E-state index in [9.17, 15) is 4.79 Å². The Hall–Kier alpha value is -1.81. The monoisotopic (exact) mass is 302 g/mol. The van der Waals surface area contributed by atoms with Gasteiger partial charge < -0.3 is 10.6 Å². The molecule has 2 aromatic rings. The smallest absolute Gasteiger partial charge is 0.251 e. The summed E-state index contributed by atoms with van der Waals surface area (Å²) in [5.41, 5.74) is 1.68. The summed E-state index contributed by atoms with van der Waals surface area (Å²) in [7, 11) is 0. The van der Waals surface area contributed by atoms with Crippen molar-refractivity contribution in [2.75, 3.05) is 18.4 Å². The van der Waals surface area contributed by atoms with Crippen molar-refractivity contribution in [1.29, 1.82) is 0 Å². The van der Waals surface area contributed by atoms with Gasteiger partial charge in [0, 0.05) is 34.6 Å². The van der Waals surface area contributed by atoms with Crippen molar-refractivity contribution in [2.45, 2.75) is 26.2 Å². The first-order valence-electron chi connectivity index (χ1n) is 7.19. The van der Waals surface area contributed by atoms with E-state index >= 15 is 0 Å². The fraction of sp³-hybridized carbons (Fsp3) is 0.353. The Kier molecular flexibility index (Phi) is 5.02. The summed E-state index contributed by atoms with van der Waals surface area (Å²) in [4.78, 5) is 13.5. The molecule has 21 heavy (non-hydrogen) atoms. The molecule has 0 atom stereocenters. The van der Waals surface area contributed by atoms with Gasteiger partial charge >= 0.3 is 0 Å². The van der Waals surface area contributed by atoms with Crippen molar-refractivity contribution in [3.8, 4) is 0 Å². The largest absolute Gasteiger partial charge is 0.385 e. The lowest BCUT2D eigenvalue weighted by Gasteiger charge is -2.23. The van der Waals surface area contributed by atoms with E-state index in [0.717, 1.165) is 12.2 Å². The topological polar surface area (TPSA) is 41.1 Å². The Balaban J connectivity index is 1.95. The van der Waals surface area contributed by atoms with Crippen LogP contribution < -0.4 is 10.6 Å². The number of rotatable bonds is 6. The highest BCUT2D eigenvalue weighted by Gasteiger charge is 2.22. The fourth-order valence-electron chi connectivity index (χ4n) is 2.10. The molecule has 1 amide bonds. The molecule has 0 radical (unpaired) electrons. The van der Waals surface area contributed by atoms with Crippen molar-refractivity contribution in [3.63, 3.8) is 0 Å². The second kappa shape index (κ2) is 6.76. The van der Waals surface area contributed by atoms with Crippen LogP contribution in [0, 0.1) is 0 Å². The van der Waals surface area contributed by atoms with Crippen LogP contribution in [-0.4, -0.2) is 19.0 Å². The number of anilines is 1. The highest BCUT2D eigenvalue weighted by molar-refractivity contribution is 7.10. The molecule has 112 valence electrons. The van der Waals surface area contributed by atoms with Crippen LogP contribution in [0.25, 0.3) is 0 Å². The number of carbonyl (C=O) groups excluding carboxylic acids is 1. The van der Waals surface area contributed by atoms with E-state index in [2.05, 4.69) is 35.9 Å². The molecule has 0 aliphatic heterocycles. The van der Waals surface area contributed by atoms with Crippen LogP contribution in [-0.2, 0) is 5.41 Å². The van der Waals surface area contributed by atoms with E-state index in [0.29, 0.717) is 12.1 Å². The number of carbonyl (C=O) groups is 1. The van der Waals surface area contributed by atoms with Crippen LogP contribution >= 0.6 is 11.3 Å². The summed E-state index contributed by atoms with van der Waals surface area (Å²) in [6.45, 7) is 7.84. The number of benzene rings is 1. The fourth-order valence-corrected chi connectivity index (χ4v) is 2.95. The Morgan fingerprint density at radius 3 is 2.48 bits per heavy atom. The molecule has 3 nitrogen and oxygen atoms in total. The van der Waals surface area contributed by atoms with Gasteiger partial charge in [-0.1, -0.05) is 19.9 Å². The van der Waals surface area contributed by atoms with Gasteiger partial charge in [0.15, 0.2) is 0 Å². The first-order chi connectivity index (χ1) is 10.0. The van der Waals surface area contributed by atoms with Crippen LogP contribution in [0.3, 0.4) is 0 Å². The molecule has 2 N–H and O–H groups in total. The molecule has 0 saturated carbocycles. The maximum Gasteiger partial charge on any atom is 0.251 e. The lowest BCUT2D eigenvalue weighted by molar-refractivity contribution is 0.0946. The first-order valence-corrected chi connectivity index (χ1v) is 8.07. The van der Waals surface area contributed by atoms with Gasteiger partial charge in [-0.25, -0.2) is 0 Å². The predicted octanol–water partition coefficient (Wildman–Crippen LogP) is 3.89. The number of hydrogen-bond acceptors (Lipinski definition) is 3. The maximum atomic E-state index is 12.2. The lowest BCUT2D eigenvalue weighted by atomic mass is 9.91. The Morgan fingerprint density at radius 2 is 1.90 bits per heavy atom. The molecule has 1 aromatic heterocycles. The van der Waals surface area contributed by atoms with Crippen LogP contribution in [0.1, 0.15) is 36.0 Å². The number of hydrogen-bond donors (Lipinski definition) is 2. The maximum absolute atomic E-state index is 12.2. The average Bonchev–Trinajstić information content (AvgIpc) is 3.01. The predicted molar refractivity (Wildman–Crippen MR) is 90.3 cm³/mol. The number of thiophene rings is 1. The molecule has 0 aliphatic carbocycles. The molecule has 4 heteroatoms. The van der Waals surface area contributed by atoms with Gasteiger partial charge in [-0.2, -0.15) is 0 Å². The van der Waals surface area contributed by atoms with Crippen molar-refractivity contribution < 1.29 is 4.79 Å². The second-order valence-electron chi connectivity index (χ2n) is 5.65. The quantitative estimate of drug-likeness (QED) is 0.850. The molecule has 1 heterocycles. The second-order valence-corrected chi connectivity index (χ2v) is 6.60. The highest BCUT2D eigenvalue weighted by Crippen LogP contribution is 2.26. The van der Waals surface area contributed by atoms with E-state index in [1.165, 1.54) is 4.88 Å². The number of nitrogens with one attached hydrogen (secondary N) is 2. The minimum atomic E-state index is -0.0481. The zero-order valence-corrected chi connectivity index (χ0v) is 13.6. The first kappa shape index (κ1) is 15.6.